The molecule has 0 aliphatic carbocycles. The SMILES string of the molecule is NCC1CCN(CC(=O)c2cc(Br)sc2Br)C1. The van der Waals surface area contributed by atoms with Gasteiger partial charge < -0.3 is 5.73 Å². The molecule has 1 aliphatic heterocycles. The van der Waals surface area contributed by atoms with Crippen LogP contribution in [-0.2, 0) is 0 Å². The zero-order valence-electron chi connectivity index (χ0n) is 9.29. The minimum Gasteiger partial charge on any atom is -0.330 e. The highest BCUT2D eigenvalue weighted by atomic mass is 79.9. The van der Waals surface area contributed by atoms with Crippen LogP contribution in [0.2, 0.25) is 0 Å². The summed E-state index contributed by atoms with van der Waals surface area (Å²) >= 11 is 8.35. The smallest absolute Gasteiger partial charge is 0.178 e. The Morgan fingerprint density at radius 2 is 2.35 bits per heavy atom. The van der Waals surface area contributed by atoms with Crippen molar-refractivity contribution in [1.82, 2.24) is 4.90 Å². The lowest BCUT2D eigenvalue weighted by Gasteiger charge is -2.14. The number of ketones is 1. The Labute approximate surface area is 122 Å². The number of nitrogens with two attached hydrogens (primary N) is 1. The summed E-state index contributed by atoms with van der Waals surface area (Å²) < 4.78 is 1.89. The number of hydrogen-bond donors (Lipinski definition) is 1. The second-order valence-electron chi connectivity index (χ2n) is 4.29. The molecule has 17 heavy (non-hydrogen) atoms. The molecule has 0 aromatic carbocycles. The predicted molar refractivity (Wildman–Crippen MR) is 77.7 cm³/mol. The van der Waals surface area contributed by atoms with E-state index in [2.05, 4.69) is 36.8 Å². The summed E-state index contributed by atoms with van der Waals surface area (Å²) in [5, 5.41) is 0. The first-order chi connectivity index (χ1) is 8.10. The first-order valence-electron chi connectivity index (χ1n) is 5.50. The van der Waals surface area contributed by atoms with Crippen molar-refractivity contribution in [3.8, 4) is 0 Å². The van der Waals surface area contributed by atoms with Gasteiger partial charge in [0.05, 0.1) is 14.1 Å². The van der Waals surface area contributed by atoms with E-state index in [-0.39, 0.29) is 5.78 Å². The molecule has 94 valence electrons. The van der Waals surface area contributed by atoms with Gasteiger partial charge in [0.2, 0.25) is 0 Å². The lowest BCUT2D eigenvalue weighted by atomic mass is 10.1. The van der Waals surface area contributed by atoms with Crippen LogP contribution in [0.3, 0.4) is 0 Å². The van der Waals surface area contributed by atoms with Crippen LogP contribution in [0.5, 0.6) is 0 Å². The molecular weight excluding hydrogens is 368 g/mol. The van der Waals surface area contributed by atoms with E-state index in [4.69, 9.17) is 5.73 Å². The van der Waals surface area contributed by atoms with E-state index in [0.717, 1.165) is 39.2 Å². The van der Waals surface area contributed by atoms with E-state index in [1.807, 2.05) is 6.07 Å². The number of rotatable bonds is 4. The molecule has 0 saturated carbocycles. The Balaban J connectivity index is 1.96. The van der Waals surface area contributed by atoms with E-state index in [9.17, 15) is 4.79 Å². The summed E-state index contributed by atoms with van der Waals surface area (Å²) in [4.78, 5) is 14.3. The molecule has 1 aliphatic rings. The molecule has 0 radical (unpaired) electrons. The number of nitrogens with zero attached hydrogens (tertiary/aromatic N) is 1. The zero-order valence-corrected chi connectivity index (χ0v) is 13.3. The first-order valence-corrected chi connectivity index (χ1v) is 7.91. The standard InChI is InChI=1S/C11H14Br2N2OS/c12-10-3-8(11(13)17-10)9(16)6-15-2-1-7(4-14)5-15/h3,7H,1-2,4-6,14H2. The molecule has 1 saturated heterocycles. The molecule has 0 amide bonds. The van der Waals surface area contributed by atoms with E-state index in [0.29, 0.717) is 12.5 Å². The molecular formula is C11H14Br2N2OS. The zero-order chi connectivity index (χ0) is 12.4. The highest BCUT2D eigenvalue weighted by molar-refractivity contribution is 9.12. The van der Waals surface area contributed by atoms with Crippen LogP contribution in [0, 0.1) is 5.92 Å². The monoisotopic (exact) mass is 380 g/mol. The van der Waals surface area contributed by atoms with Crippen LogP contribution in [0.1, 0.15) is 16.8 Å². The van der Waals surface area contributed by atoms with E-state index < -0.39 is 0 Å². The summed E-state index contributed by atoms with van der Waals surface area (Å²) in [6, 6.07) is 1.88. The van der Waals surface area contributed by atoms with Crippen molar-refractivity contribution in [2.75, 3.05) is 26.2 Å². The number of hydrogen-bond acceptors (Lipinski definition) is 4. The number of carbonyl (C=O) groups is 1. The maximum Gasteiger partial charge on any atom is 0.178 e. The minimum absolute atomic E-state index is 0.177. The molecule has 1 atom stereocenters. The van der Waals surface area contributed by atoms with Gasteiger partial charge in [-0.25, -0.2) is 0 Å². The van der Waals surface area contributed by atoms with E-state index in [1.165, 1.54) is 11.3 Å². The van der Waals surface area contributed by atoms with Crippen molar-refractivity contribution in [3.63, 3.8) is 0 Å². The van der Waals surface area contributed by atoms with Gasteiger partial charge in [-0.1, -0.05) is 0 Å². The maximum absolute atomic E-state index is 12.1. The highest BCUT2D eigenvalue weighted by Gasteiger charge is 2.24. The molecule has 2 heterocycles. The molecule has 2 N–H and O–H groups in total. The minimum atomic E-state index is 0.177. The molecule has 3 nitrogen and oxygen atoms in total. The Morgan fingerprint density at radius 1 is 1.59 bits per heavy atom. The fourth-order valence-electron chi connectivity index (χ4n) is 2.07. The van der Waals surface area contributed by atoms with Crippen molar-refractivity contribution in [1.29, 1.82) is 0 Å². The van der Waals surface area contributed by atoms with Crippen LogP contribution in [-0.4, -0.2) is 36.9 Å². The van der Waals surface area contributed by atoms with E-state index >= 15 is 0 Å². The topological polar surface area (TPSA) is 46.3 Å². The van der Waals surface area contributed by atoms with Gasteiger partial charge in [0.15, 0.2) is 5.78 Å². The van der Waals surface area contributed by atoms with Gasteiger partial charge >= 0.3 is 0 Å². The third-order valence-corrected chi connectivity index (χ3v) is 5.37. The Bertz CT molecular complexity index is 422. The van der Waals surface area contributed by atoms with Crippen molar-refractivity contribution in [2.24, 2.45) is 11.7 Å². The Hall–Kier alpha value is 0.250. The summed E-state index contributed by atoms with van der Waals surface area (Å²) in [5.74, 6) is 0.733. The van der Waals surface area contributed by atoms with E-state index in [1.54, 1.807) is 0 Å². The fourth-order valence-corrected chi connectivity index (χ4v) is 4.92. The van der Waals surface area contributed by atoms with Crippen LogP contribution in [0.15, 0.2) is 13.6 Å². The van der Waals surface area contributed by atoms with Gasteiger partial charge in [-0.2, -0.15) is 0 Å². The van der Waals surface area contributed by atoms with Gasteiger partial charge in [0, 0.05) is 12.1 Å². The van der Waals surface area contributed by atoms with Crippen molar-refractivity contribution >= 4 is 49.0 Å². The average molecular weight is 382 g/mol. The summed E-state index contributed by atoms with van der Waals surface area (Å²) in [6.45, 7) is 3.15. The summed E-state index contributed by atoms with van der Waals surface area (Å²) in [5.41, 5.74) is 6.42. The maximum atomic E-state index is 12.1. The normalized spacial score (nSPS) is 21.0. The van der Waals surface area contributed by atoms with Crippen LogP contribution in [0.4, 0.5) is 0 Å². The van der Waals surface area contributed by atoms with Gasteiger partial charge in [-0.05, 0) is 63.4 Å². The largest absolute Gasteiger partial charge is 0.330 e. The molecule has 1 unspecified atom stereocenters. The number of thiophene rings is 1. The molecule has 0 spiro atoms. The third-order valence-electron chi connectivity index (χ3n) is 3.03. The summed E-state index contributed by atoms with van der Waals surface area (Å²) in [6.07, 6.45) is 1.11. The fraction of sp³-hybridized carbons (Fsp3) is 0.545. The quantitative estimate of drug-likeness (QED) is 0.815. The molecule has 2 rings (SSSR count). The molecule has 1 fully saturated rings. The van der Waals surface area contributed by atoms with Crippen molar-refractivity contribution < 1.29 is 4.79 Å². The van der Waals surface area contributed by atoms with Crippen LogP contribution >= 0.6 is 43.2 Å². The van der Waals surface area contributed by atoms with Gasteiger partial charge in [-0.3, -0.25) is 9.69 Å². The first kappa shape index (κ1) is 13.7. The Morgan fingerprint density at radius 3 is 2.88 bits per heavy atom. The number of halogens is 2. The second-order valence-corrected chi connectivity index (χ2v) is 8.04. The van der Waals surface area contributed by atoms with Crippen LogP contribution < -0.4 is 5.73 Å². The third kappa shape index (κ3) is 3.38. The molecule has 0 bridgehead atoms. The number of Topliss-reactive ketones (excluding diaryl/α,β-unsaturated/α-hetero) is 1. The second kappa shape index (κ2) is 5.93. The van der Waals surface area contributed by atoms with Crippen molar-refractivity contribution in [2.45, 2.75) is 6.42 Å². The number of likely N-dealkylation sites (tertiary alicyclic amines) is 1. The molecule has 1 aromatic rings. The van der Waals surface area contributed by atoms with Gasteiger partial charge in [0.25, 0.3) is 0 Å². The van der Waals surface area contributed by atoms with Gasteiger partial charge in [-0.15, -0.1) is 11.3 Å². The molecule has 6 heteroatoms. The number of carbonyl (C=O) groups excluding carboxylic acids is 1. The molecule has 1 aromatic heterocycles. The summed E-state index contributed by atoms with van der Waals surface area (Å²) in [7, 11) is 0. The predicted octanol–water partition coefficient (Wildman–Crippen LogP) is 2.74. The average Bonchev–Trinajstić information content (AvgIpc) is 2.85. The lowest BCUT2D eigenvalue weighted by molar-refractivity contribution is 0.0943. The van der Waals surface area contributed by atoms with Crippen molar-refractivity contribution in [3.05, 3.63) is 19.2 Å². The van der Waals surface area contributed by atoms with Gasteiger partial charge in [0.1, 0.15) is 0 Å². The Kier molecular flexibility index (Phi) is 4.77. The van der Waals surface area contributed by atoms with Crippen LogP contribution in [0.25, 0.3) is 0 Å². The lowest BCUT2D eigenvalue weighted by Crippen LogP contribution is -2.29. The highest BCUT2D eigenvalue weighted by Crippen LogP contribution is 2.32.